The smallest absolute Gasteiger partial charge is 0.230 e. The zero-order chi connectivity index (χ0) is 69.6. The molecule has 0 aromatic heterocycles. The molecule has 444 valence electrons. The fourth-order valence-corrected chi connectivity index (χ4v) is 8.17. The molecule has 6 aliphatic heterocycles. The molecule has 6 fully saturated rings. The predicted molar refractivity (Wildman–Crippen MR) is 324 cm³/mol. The van der Waals surface area contributed by atoms with E-state index in [0.717, 1.165) is 18.2 Å². The quantitative estimate of drug-likeness (QED) is 0.141. The molecule has 6 aliphatic rings. The first-order valence-electron chi connectivity index (χ1n) is 32.2. The van der Waals surface area contributed by atoms with Gasteiger partial charge in [-0.2, -0.15) is 0 Å². The van der Waals surface area contributed by atoms with E-state index in [-0.39, 0.29) is 87.5 Å². The van der Waals surface area contributed by atoms with Crippen molar-refractivity contribution in [3.8, 4) is 0 Å². The Bertz CT molecular complexity index is 2710. The molecule has 0 radical (unpaired) electrons. The normalized spacial score (nSPS) is 37.0. The van der Waals surface area contributed by atoms with Crippen molar-refractivity contribution in [2.45, 2.75) is 243 Å². The highest BCUT2D eigenvalue weighted by Crippen LogP contribution is 2.49. The molecule has 12 heteroatoms. The predicted octanol–water partition coefficient (Wildman–Crippen LogP) is 14.8. The zero-order valence-electron chi connectivity index (χ0n) is 62.2. The van der Waals surface area contributed by atoms with Gasteiger partial charge in [-0.1, -0.05) is 206 Å². The molecule has 12 nitrogen and oxygen atoms in total. The van der Waals surface area contributed by atoms with Gasteiger partial charge < -0.3 is 31.9 Å². The number of carbonyl (C=O) groups is 6. The van der Waals surface area contributed by atoms with Crippen LogP contribution in [0.5, 0.6) is 0 Å². The largest absolute Gasteiger partial charge is 0.330 e. The molecule has 6 rings (SSSR count). The Morgan fingerprint density at radius 2 is 0.654 bits per heavy atom. The van der Waals surface area contributed by atoms with Crippen molar-refractivity contribution in [1.29, 1.82) is 0 Å². The summed E-state index contributed by atoms with van der Waals surface area (Å²) in [6.07, 6.45) is -2.33. The monoisotopic (exact) mass is 1100 g/mol. The molecule has 0 spiro atoms. The summed E-state index contributed by atoms with van der Waals surface area (Å²) < 4.78 is 71.0. The van der Waals surface area contributed by atoms with Crippen LogP contribution in [-0.4, -0.2) is 35.4 Å². The minimum atomic E-state index is -1.55. The van der Waals surface area contributed by atoms with Crippen LogP contribution in [-0.2, 0) is 28.8 Å². The summed E-state index contributed by atoms with van der Waals surface area (Å²) in [5.74, 6) is -0.782. The summed E-state index contributed by atoms with van der Waals surface area (Å²) in [7, 11) is 0. The molecular weight excluding hydrogens is 973 g/mol. The van der Waals surface area contributed by atoms with E-state index in [4.69, 9.17) is 12.4 Å². The molecule has 6 heterocycles. The van der Waals surface area contributed by atoms with Gasteiger partial charge in [0.15, 0.2) is 1.41 Å². The summed E-state index contributed by atoms with van der Waals surface area (Å²) in [5.41, 5.74) is -2.82. The Hall–Kier alpha value is -4.74. The van der Waals surface area contributed by atoms with Crippen LogP contribution < -0.4 is 31.9 Å². The molecule has 6 amide bonds. The second kappa shape index (κ2) is 25.0. The fourth-order valence-electron chi connectivity index (χ4n) is 8.17. The van der Waals surface area contributed by atoms with Crippen LogP contribution in [0, 0.1) is 65.0 Å². The van der Waals surface area contributed by atoms with Crippen LogP contribution in [0.4, 0.5) is 0 Å². The summed E-state index contributed by atoms with van der Waals surface area (Å²) in [4.78, 5) is 71.6. The van der Waals surface area contributed by atoms with E-state index in [2.05, 4.69) is 66.1 Å². The number of hydrogen-bond acceptors (Lipinski definition) is 6. The van der Waals surface area contributed by atoms with Gasteiger partial charge in [0.2, 0.25) is 35.4 Å². The van der Waals surface area contributed by atoms with Crippen LogP contribution in [0.1, 0.15) is 254 Å². The summed E-state index contributed by atoms with van der Waals surface area (Å²) in [6.45, 7) is 68.5. The third-order valence-corrected chi connectivity index (χ3v) is 18.5. The van der Waals surface area contributed by atoms with E-state index in [9.17, 15) is 28.8 Å². The lowest BCUT2D eigenvalue weighted by molar-refractivity contribution is -0.138. The lowest BCUT2D eigenvalue weighted by atomic mass is 9.63. The Balaban J connectivity index is 0.000000522. The molecule has 0 bridgehead atoms. The van der Waals surface area contributed by atoms with Crippen molar-refractivity contribution in [1.82, 2.24) is 31.9 Å². The summed E-state index contributed by atoms with van der Waals surface area (Å²) in [5, 5.41) is 14.3. The van der Waals surface area contributed by atoms with Crippen LogP contribution in [0.25, 0.3) is 0 Å². The number of piperidine rings is 6. The van der Waals surface area contributed by atoms with E-state index in [1.54, 1.807) is 13.8 Å². The van der Waals surface area contributed by atoms with Crippen LogP contribution >= 0.6 is 0 Å². The molecule has 0 aromatic rings. The van der Waals surface area contributed by atoms with E-state index in [0.29, 0.717) is 41.3 Å². The molecule has 0 aromatic carbocycles. The van der Waals surface area contributed by atoms with E-state index in [1.807, 2.05) is 152 Å². The highest BCUT2D eigenvalue weighted by Gasteiger charge is 2.50. The molecule has 6 N–H and O–H groups in total. The van der Waals surface area contributed by atoms with Gasteiger partial charge in [-0.3, -0.25) is 28.8 Å². The second-order valence-corrected chi connectivity index (χ2v) is 29.4. The first kappa shape index (κ1) is 56.5. The highest BCUT2D eigenvalue weighted by molar-refractivity contribution is 5.88. The molecule has 0 saturated carbocycles. The van der Waals surface area contributed by atoms with Crippen LogP contribution in [0.2, 0.25) is 1.41 Å². The van der Waals surface area contributed by atoms with Crippen molar-refractivity contribution < 1.29 is 41.1 Å². The Morgan fingerprint density at radius 1 is 0.346 bits per heavy atom. The van der Waals surface area contributed by atoms with Gasteiger partial charge in [-0.25, -0.2) is 0 Å². The average Bonchev–Trinajstić information content (AvgIpc) is 0.841. The molecule has 10 unspecified atom stereocenters. The van der Waals surface area contributed by atoms with Gasteiger partial charge >= 0.3 is 0 Å². The first-order chi connectivity index (χ1) is 38.2. The third-order valence-electron chi connectivity index (χ3n) is 18.5. The lowest BCUT2D eigenvalue weighted by Gasteiger charge is -2.43. The Morgan fingerprint density at radius 3 is 1.04 bits per heavy atom. The maximum absolute atomic E-state index is 12.0. The van der Waals surface area contributed by atoms with Gasteiger partial charge in [0.05, 0.1) is 32.5 Å². The topological polar surface area (TPSA) is 175 Å². The summed E-state index contributed by atoms with van der Waals surface area (Å²) in [6, 6.07) is 0. The van der Waals surface area contributed by atoms with Gasteiger partial charge in [0, 0.05) is 45.1 Å². The van der Waals surface area contributed by atoms with Gasteiger partial charge in [-0.05, 0) is 109 Å². The molecule has 78 heavy (non-hydrogen) atoms. The zero-order valence-corrected chi connectivity index (χ0v) is 53.2. The second-order valence-electron chi connectivity index (χ2n) is 29.4. The minimum Gasteiger partial charge on any atom is -0.330 e. The van der Waals surface area contributed by atoms with Crippen molar-refractivity contribution in [2.24, 2.45) is 65.0 Å². The number of amides is 6. The number of carbonyl (C=O) groups excluding carboxylic acids is 6. The van der Waals surface area contributed by atoms with E-state index >= 15 is 0 Å². The molecular formula is C66H114N6O6. The average molecular weight is 1100 g/mol. The minimum absolute atomic E-state index is 0.00139. The molecule has 10 atom stereocenters. The number of rotatable bonds is 0. The van der Waals surface area contributed by atoms with Gasteiger partial charge in [0.25, 0.3) is 0 Å². The standard InChI is InChI=1S/6C11H19NO/c6*1-8-6-7-11(5,9(13)12-8)10(2,3)4/h6*1,6-7H2,2-5H3,(H,12,13)/i6D,7D;7D2;7D;6D2;6D;/hD. The highest BCUT2D eigenvalue weighted by atomic mass is 16.2. The Labute approximate surface area is 488 Å². The fraction of sp³-hybridized carbons (Fsp3) is 0.727. The Kier molecular flexibility index (Phi) is 18.1. The first-order valence-corrected chi connectivity index (χ1v) is 27.4. The van der Waals surface area contributed by atoms with Crippen LogP contribution in [0.15, 0.2) is 73.7 Å². The number of nitrogens with one attached hydrogen (secondary N) is 6. The maximum Gasteiger partial charge on any atom is 0.230 e. The van der Waals surface area contributed by atoms with E-state index < -0.39 is 69.8 Å². The number of allylic oxidation sites excluding steroid dienone is 6. The van der Waals surface area contributed by atoms with Crippen molar-refractivity contribution in [3.63, 3.8) is 0 Å². The van der Waals surface area contributed by atoms with Crippen molar-refractivity contribution >= 4 is 35.4 Å². The number of hydrogen-bond donors (Lipinski definition) is 6. The summed E-state index contributed by atoms with van der Waals surface area (Å²) >= 11 is 0. The SMILES string of the molecule is [2H]C1([2H])CC(=C)NC(=O)C1(C)C(C)(C)C.[2H]C1([2H])CC(C)(C(C)(C)C)C(=O)NC1=C.[2H]C1C(=C)NC(=O)C(C)(C(C)(C)C)C1[2H].[2H]C1CC(=C)NC(=O)C1(C)C(C)(C)C.[2H]C1CC(C)(C(C)(C)C)C(=O)NC1=C.[2H]N1C(=C)CCC(C)(C(C)(C)C)C1=O. The van der Waals surface area contributed by atoms with Gasteiger partial charge in [-0.15, -0.1) is 0 Å². The van der Waals surface area contributed by atoms with E-state index in [1.165, 1.54) is 0 Å². The molecule has 0 aliphatic carbocycles. The van der Waals surface area contributed by atoms with Crippen molar-refractivity contribution in [2.75, 3.05) is 0 Å². The maximum atomic E-state index is 12.0. The molecule has 6 saturated heterocycles. The van der Waals surface area contributed by atoms with Crippen molar-refractivity contribution in [3.05, 3.63) is 73.7 Å². The lowest BCUT2D eigenvalue weighted by Crippen LogP contribution is -2.49. The third kappa shape index (κ3) is 16.7. The van der Waals surface area contributed by atoms with Crippen LogP contribution in [0.3, 0.4) is 0 Å². The van der Waals surface area contributed by atoms with Gasteiger partial charge in [0.1, 0.15) is 0 Å².